The molecule has 0 unspecified atom stereocenters. The highest BCUT2D eigenvalue weighted by atomic mass is 35.5. The maximum absolute atomic E-state index is 12.2. The lowest BCUT2D eigenvalue weighted by Gasteiger charge is -2.07. The number of amides is 1. The average Bonchev–Trinajstić information content (AvgIpc) is 2.86. The number of anilines is 1. The summed E-state index contributed by atoms with van der Waals surface area (Å²) >= 11 is 5.90. The number of hydrogen-bond donors (Lipinski definition) is 1. The second-order valence-electron chi connectivity index (χ2n) is 5.21. The third-order valence-electron chi connectivity index (χ3n) is 3.32. The Kier molecular flexibility index (Phi) is 4.12. The summed E-state index contributed by atoms with van der Waals surface area (Å²) in [6, 6.07) is 12.4. The summed E-state index contributed by atoms with van der Waals surface area (Å²) < 4.78 is 1.76. The summed E-state index contributed by atoms with van der Waals surface area (Å²) in [6.07, 6.45) is 1.61. The van der Waals surface area contributed by atoms with Crippen LogP contribution in [-0.4, -0.2) is 20.7 Å². The number of aryl methyl sites for hydroxylation is 2. The van der Waals surface area contributed by atoms with Crippen molar-refractivity contribution >= 4 is 23.2 Å². The molecule has 1 aromatic carbocycles. The molecule has 0 spiro atoms. The zero-order valence-electron chi connectivity index (χ0n) is 12.7. The van der Waals surface area contributed by atoms with Crippen LogP contribution in [0.3, 0.4) is 0 Å². The number of nitrogens with zero attached hydrogens (tertiary/aromatic N) is 3. The van der Waals surface area contributed by atoms with Crippen molar-refractivity contribution in [3.63, 3.8) is 0 Å². The number of halogens is 1. The van der Waals surface area contributed by atoms with Gasteiger partial charge in [-0.2, -0.15) is 5.10 Å². The van der Waals surface area contributed by atoms with Crippen molar-refractivity contribution in [2.75, 3.05) is 5.32 Å². The maximum atomic E-state index is 12.2. The molecule has 0 aliphatic heterocycles. The van der Waals surface area contributed by atoms with Gasteiger partial charge >= 0.3 is 0 Å². The van der Waals surface area contributed by atoms with Crippen molar-refractivity contribution in [2.45, 2.75) is 13.8 Å². The Morgan fingerprint density at radius 2 is 2.00 bits per heavy atom. The van der Waals surface area contributed by atoms with E-state index < -0.39 is 0 Å². The molecule has 0 saturated carbocycles. The van der Waals surface area contributed by atoms with E-state index in [1.165, 1.54) is 0 Å². The number of benzene rings is 1. The van der Waals surface area contributed by atoms with Gasteiger partial charge in [0.15, 0.2) is 5.82 Å². The SMILES string of the molecule is Cc1cc(C)n(-c2ccc(NC(=O)c3cccc(Cl)c3)cn2)n1. The van der Waals surface area contributed by atoms with E-state index in [1.807, 2.05) is 26.0 Å². The number of nitrogens with one attached hydrogen (secondary N) is 1. The predicted octanol–water partition coefficient (Wildman–Crippen LogP) is 3.79. The van der Waals surface area contributed by atoms with Crippen LogP contribution in [0.4, 0.5) is 5.69 Å². The van der Waals surface area contributed by atoms with Crippen molar-refractivity contribution < 1.29 is 4.79 Å². The Bertz CT molecular complexity index is 855. The van der Waals surface area contributed by atoms with Crippen LogP contribution in [-0.2, 0) is 0 Å². The van der Waals surface area contributed by atoms with Gasteiger partial charge in [0.2, 0.25) is 0 Å². The molecule has 1 N–H and O–H groups in total. The average molecular weight is 327 g/mol. The summed E-state index contributed by atoms with van der Waals surface area (Å²) in [4.78, 5) is 16.5. The lowest BCUT2D eigenvalue weighted by atomic mass is 10.2. The van der Waals surface area contributed by atoms with Crippen LogP contribution in [0.2, 0.25) is 5.02 Å². The molecule has 0 bridgehead atoms. The molecule has 0 radical (unpaired) electrons. The van der Waals surface area contributed by atoms with Gasteiger partial charge in [-0.1, -0.05) is 17.7 Å². The zero-order chi connectivity index (χ0) is 16.4. The molecule has 116 valence electrons. The highest BCUT2D eigenvalue weighted by molar-refractivity contribution is 6.31. The fourth-order valence-electron chi connectivity index (χ4n) is 2.28. The molecule has 0 aliphatic carbocycles. The highest BCUT2D eigenvalue weighted by Crippen LogP contribution is 2.15. The first-order valence-electron chi connectivity index (χ1n) is 7.09. The van der Waals surface area contributed by atoms with Gasteiger partial charge < -0.3 is 5.32 Å². The second kappa shape index (κ2) is 6.22. The molecule has 0 saturated heterocycles. The van der Waals surface area contributed by atoms with Crippen LogP contribution in [0.25, 0.3) is 5.82 Å². The Morgan fingerprint density at radius 1 is 1.17 bits per heavy atom. The second-order valence-corrected chi connectivity index (χ2v) is 5.64. The first-order valence-corrected chi connectivity index (χ1v) is 7.47. The number of aromatic nitrogens is 3. The Labute approximate surface area is 138 Å². The van der Waals surface area contributed by atoms with Crippen LogP contribution in [0, 0.1) is 13.8 Å². The van der Waals surface area contributed by atoms with Gasteiger partial charge in [0.1, 0.15) is 0 Å². The van der Waals surface area contributed by atoms with Crippen LogP contribution < -0.4 is 5.32 Å². The van der Waals surface area contributed by atoms with E-state index in [-0.39, 0.29) is 5.91 Å². The quantitative estimate of drug-likeness (QED) is 0.796. The topological polar surface area (TPSA) is 59.8 Å². The lowest BCUT2D eigenvalue weighted by Crippen LogP contribution is -2.12. The minimum atomic E-state index is -0.229. The van der Waals surface area contributed by atoms with Gasteiger partial charge in [0.05, 0.1) is 17.6 Å². The number of carbonyl (C=O) groups is 1. The number of carbonyl (C=O) groups excluding carboxylic acids is 1. The van der Waals surface area contributed by atoms with Crippen molar-refractivity contribution in [2.24, 2.45) is 0 Å². The standard InChI is InChI=1S/C17H15ClN4O/c1-11-8-12(2)22(21-11)16-7-6-15(10-19-16)20-17(23)13-4-3-5-14(18)9-13/h3-10H,1-2H3,(H,20,23). The normalized spacial score (nSPS) is 10.6. The molecule has 23 heavy (non-hydrogen) atoms. The van der Waals surface area contributed by atoms with Gasteiger partial charge in [0.25, 0.3) is 5.91 Å². The van der Waals surface area contributed by atoms with Crippen LogP contribution in [0.15, 0.2) is 48.7 Å². The highest BCUT2D eigenvalue weighted by Gasteiger charge is 2.08. The molecule has 2 heterocycles. The van der Waals surface area contributed by atoms with Gasteiger partial charge in [0, 0.05) is 16.3 Å². The molecular weight excluding hydrogens is 312 g/mol. The first kappa shape index (κ1) is 15.2. The molecule has 3 rings (SSSR count). The number of rotatable bonds is 3. The molecule has 0 fully saturated rings. The van der Waals surface area contributed by atoms with Gasteiger partial charge in [-0.25, -0.2) is 9.67 Å². The van der Waals surface area contributed by atoms with Crippen molar-refractivity contribution in [1.82, 2.24) is 14.8 Å². The Balaban J connectivity index is 1.77. The minimum Gasteiger partial charge on any atom is -0.321 e. The Morgan fingerprint density at radius 3 is 2.61 bits per heavy atom. The summed E-state index contributed by atoms with van der Waals surface area (Å²) in [6.45, 7) is 3.90. The fraction of sp³-hybridized carbons (Fsp3) is 0.118. The molecule has 1 amide bonds. The monoisotopic (exact) mass is 326 g/mol. The number of hydrogen-bond acceptors (Lipinski definition) is 3. The number of pyridine rings is 1. The molecule has 3 aromatic rings. The van der Waals surface area contributed by atoms with Crippen molar-refractivity contribution in [3.05, 3.63) is 70.6 Å². The van der Waals surface area contributed by atoms with E-state index >= 15 is 0 Å². The predicted molar refractivity (Wildman–Crippen MR) is 90.2 cm³/mol. The molecule has 2 aromatic heterocycles. The van der Waals surface area contributed by atoms with E-state index in [4.69, 9.17) is 11.6 Å². The van der Waals surface area contributed by atoms with E-state index in [2.05, 4.69) is 15.4 Å². The molecule has 5 nitrogen and oxygen atoms in total. The third kappa shape index (κ3) is 3.40. The summed E-state index contributed by atoms with van der Waals surface area (Å²) in [5, 5.41) is 7.70. The van der Waals surface area contributed by atoms with Crippen LogP contribution >= 0.6 is 11.6 Å². The van der Waals surface area contributed by atoms with E-state index in [0.717, 1.165) is 11.4 Å². The van der Waals surface area contributed by atoms with E-state index in [0.29, 0.717) is 22.1 Å². The third-order valence-corrected chi connectivity index (χ3v) is 3.55. The van der Waals surface area contributed by atoms with Gasteiger partial charge in [-0.3, -0.25) is 4.79 Å². The Hall–Kier alpha value is -2.66. The van der Waals surface area contributed by atoms with Crippen LogP contribution in [0.1, 0.15) is 21.7 Å². The molecule has 0 aliphatic rings. The summed E-state index contributed by atoms with van der Waals surface area (Å²) in [5.74, 6) is 0.476. The zero-order valence-corrected chi connectivity index (χ0v) is 13.5. The summed E-state index contributed by atoms with van der Waals surface area (Å²) in [5.41, 5.74) is 3.05. The van der Waals surface area contributed by atoms with E-state index in [9.17, 15) is 4.79 Å². The van der Waals surface area contributed by atoms with Crippen LogP contribution in [0.5, 0.6) is 0 Å². The fourth-order valence-corrected chi connectivity index (χ4v) is 2.47. The molecule has 6 heteroatoms. The first-order chi connectivity index (χ1) is 11.0. The van der Waals surface area contributed by atoms with E-state index in [1.54, 1.807) is 41.2 Å². The maximum Gasteiger partial charge on any atom is 0.255 e. The molecular formula is C17H15ClN4O. The molecule has 0 atom stereocenters. The smallest absolute Gasteiger partial charge is 0.255 e. The lowest BCUT2D eigenvalue weighted by molar-refractivity contribution is 0.102. The van der Waals surface area contributed by atoms with Gasteiger partial charge in [-0.15, -0.1) is 0 Å². The minimum absolute atomic E-state index is 0.229. The summed E-state index contributed by atoms with van der Waals surface area (Å²) in [7, 11) is 0. The van der Waals surface area contributed by atoms with Crippen molar-refractivity contribution in [1.29, 1.82) is 0 Å². The largest absolute Gasteiger partial charge is 0.321 e. The van der Waals surface area contributed by atoms with Crippen molar-refractivity contribution in [3.8, 4) is 5.82 Å². The van der Waals surface area contributed by atoms with Gasteiger partial charge in [-0.05, 0) is 50.2 Å².